The van der Waals surface area contributed by atoms with Crippen molar-refractivity contribution in [3.05, 3.63) is 430 Å². The van der Waals surface area contributed by atoms with Crippen LogP contribution in [0.5, 0.6) is 0 Å². The third-order valence-electron chi connectivity index (χ3n) is 32.0. The van der Waals surface area contributed by atoms with Crippen molar-refractivity contribution in [1.29, 1.82) is 0 Å². The molecular formula is C124H72N16. The van der Waals surface area contributed by atoms with E-state index in [1.807, 2.05) is 123 Å². The maximum atomic E-state index is 5.10. The highest BCUT2D eigenvalue weighted by atomic mass is 15.1. The van der Waals surface area contributed by atoms with Crippen molar-refractivity contribution in [3.63, 3.8) is 0 Å². The number of hydrogen-bond acceptors (Lipinski definition) is 12. The molecule has 16 aromatic heterocycles. The minimum absolute atomic E-state index is 0.898. The fourth-order valence-corrected chi connectivity index (χ4v) is 26.2. The minimum Gasteiger partial charge on any atom is -0.276 e. The van der Waals surface area contributed by atoms with E-state index in [0.29, 0.717) is 0 Å². The first-order chi connectivity index (χ1) is 69.4. The summed E-state index contributed by atoms with van der Waals surface area (Å²) in [4.78, 5) is 56.9. The molecule has 36 rings (SSSR count). The molecule has 16 heteroatoms. The Morgan fingerprint density at radius 3 is 0.914 bits per heavy atom. The van der Waals surface area contributed by atoms with Crippen LogP contribution in [0.15, 0.2) is 341 Å². The molecule has 0 saturated heterocycles. The molecule has 0 spiro atoms. The van der Waals surface area contributed by atoms with Gasteiger partial charge in [0.05, 0.1) is 46.9 Å². The number of fused-ring (bicyclic) bond motifs is 63. The van der Waals surface area contributed by atoms with Gasteiger partial charge in [-0.05, 0) is 329 Å². The summed E-state index contributed by atoms with van der Waals surface area (Å²) < 4.78 is 8.88. The van der Waals surface area contributed by atoms with Gasteiger partial charge >= 0.3 is 0 Å². The predicted octanol–water partition coefficient (Wildman–Crippen LogP) is 26.9. The van der Waals surface area contributed by atoms with Crippen LogP contribution in [0.4, 0.5) is 0 Å². The quantitative estimate of drug-likeness (QED) is 0.132. The van der Waals surface area contributed by atoms with E-state index in [2.05, 4.69) is 256 Å². The highest BCUT2D eigenvalue weighted by Gasteiger charge is 2.37. The second-order valence-electron chi connectivity index (χ2n) is 38.7. The molecule has 648 valence electrons. The fourth-order valence-electron chi connectivity index (χ4n) is 26.2. The number of imidazole rings is 4. The Kier molecular flexibility index (Phi) is 14.9. The van der Waals surface area contributed by atoms with Gasteiger partial charge in [-0.2, -0.15) is 0 Å². The number of benzene rings is 12. The predicted molar refractivity (Wildman–Crippen MR) is 559 cm³/mol. The summed E-state index contributed by atoms with van der Waals surface area (Å²) in [6, 6.07) is 97.6. The third-order valence-corrected chi connectivity index (χ3v) is 32.0. The van der Waals surface area contributed by atoms with E-state index < -0.39 is 0 Å². The minimum atomic E-state index is 0.898. The SMILES string of the molecule is c1ccc2c(c1)Cc1c-2ccc2c1-c1ccc3c4cccnc4n4c5ccncc5nc4c3c1C2.c1ccc2c(c1)Cc1c-2ccc2c1Cc1c-2ccc2c3cccnc3n3c4ccncc4nc3c12.c1ccc2c(c1)Cc1cc3c(cc1-2)Cc1c-3ccc2c3cccnc3n3c4ccncc4nc3c12.c1ccc2c(c1)Cc1ccc3c(c1-2)Cc1c-3ccc2c3cccnc3n3c4ccncc4nc3c12. The van der Waals surface area contributed by atoms with Gasteiger partial charge in [-0.25, -0.2) is 39.9 Å². The smallest absolute Gasteiger partial charge is 0.147 e. The average Bonchev–Trinajstić information content (AvgIpc) is 1.55. The number of pyridine rings is 12. The van der Waals surface area contributed by atoms with Crippen molar-refractivity contribution in [2.24, 2.45) is 0 Å². The van der Waals surface area contributed by atoms with Crippen LogP contribution >= 0.6 is 0 Å². The highest BCUT2D eigenvalue weighted by molar-refractivity contribution is 6.21. The molecule has 0 saturated carbocycles. The number of hydrogen-bond donors (Lipinski definition) is 0. The van der Waals surface area contributed by atoms with Crippen LogP contribution in [-0.2, 0) is 51.4 Å². The van der Waals surface area contributed by atoms with Gasteiger partial charge < -0.3 is 0 Å². The zero-order valence-electron chi connectivity index (χ0n) is 75.1. The molecule has 0 unspecified atom stereocenters. The van der Waals surface area contributed by atoms with Gasteiger partial charge in [0.15, 0.2) is 0 Å². The Morgan fingerprint density at radius 2 is 0.450 bits per heavy atom. The van der Waals surface area contributed by atoms with Crippen molar-refractivity contribution >= 4 is 154 Å². The summed E-state index contributed by atoms with van der Waals surface area (Å²) in [6.45, 7) is 0. The van der Waals surface area contributed by atoms with Gasteiger partial charge in [0.25, 0.3) is 0 Å². The normalized spacial score (nSPS) is 13.5. The Labute approximate surface area is 796 Å². The van der Waals surface area contributed by atoms with Crippen LogP contribution in [0.2, 0.25) is 0 Å². The Hall–Kier alpha value is -18.3. The molecule has 12 aromatic carbocycles. The second kappa shape index (κ2) is 27.7. The van der Waals surface area contributed by atoms with Crippen LogP contribution in [0.3, 0.4) is 0 Å². The van der Waals surface area contributed by atoms with E-state index >= 15 is 0 Å². The molecule has 0 radical (unpaired) electrons. The number of aromatic nitrogens is 16. The molecule has 140 heavy (non-hydrogen) atoms. The molecule has 0 bridgehead atoms. The molecule has 0 fully saturated rings. The molecule has 16 heterocycles. The lowest BCUT2D eigenvalue weighted by Crippen LogP contribution is -1.96. The first-order valence-electron chi connectivity index (χ1n) is 48.2. The van der Waals surface area contributed by atoms with Crippen molar-refractivity contribution in [1.82, 2.24) is 77.4 Å². The van der Waals surface area contributed by atoms with Crippen LogP contribution in [0.1, 0.15) is 89.0 Å². The molecule has 16 nitrogen and oxygen atoms in total. The molecular weight excluding hydrogens is 1710 g/mol. The van der Waals surface area contributed by atoms with Crippen LogP contribution in [0, 0.1) is 0 Å². The Morgan fingerprint density at radius 1 is 0.171 bits per heavy atom. The van der Waals surface area contributed by atoms with Crippen molar-refractivity contribution < 1.29 is 0 Å². The zero-order chi connectivity index (χ0) is 90.7. The van der Waals surface area contributed by atoms with Gasteiger partial charge in [0.2, 0.25) is 0 Å². The lowest BCUT2D eigenvalue weighted by atomic mass is 9.94. The topological polar surface area (TPSA) is 172 Å². The van der Waals surface area contributed by atoms with Gasteiger partial charge in [-0.1, -0.05) is 182 Å². The van der Waals surface area contributed by atoms with E-state index in [4.69, 9.17) is 39.9 Å². The zero-order valence-corrected chi connectivity index (χ0v) is 75.1. The summed E-state index contributed by atoms with van der Waals surface area (Å²) >= 11 is 0. The van der Waals surface area contributed by atoms with E-state index in [1.165, 1.54) is 221 Å². The summed E-state index contributed by atoms with van der Waals surface area (Å²) in [6.07, 6.45) is 30.0. The van der Waals surface area contributed by atoms with Gasteiger partial charge in [0, 0.05) is 99.1 Å². The fraction of sp³-hybridized carbons (Fsp3) is 0.0645. The molecule has 0 atom stereocenters. The summed E-state index contributed by atoms with van der Waals surface area (Å²) in [5.41, 5.74) is 60.3. The molecule has 28 aromatic rings. The van der Waals surface area contributed by atoms with Gasteiger partial charge in [-0.3, -0.25) is 37.5 Å². The molecule has 8 aliphatic carbocycles. The van der Waals surface area contributed by atoms with Gasteiger partial charge in [-0.15, -0.1) is 0 Å². The maximum absolute atomic E-state index is 5.10. The van der Waals surface area contributed by atoms with E-state index in [1.54, 1.807) is 0 Å². The maximum Gasteiger partial charge on any atom is 0.147 e. The first-order valence-corrected chi connectivity index (χ1v) is 48.2. The van der Waals surface area contributed by atoms with Crippen LogP contribution in [0.25, 0.3) is 243 Å². The third kappa shape index (κ3) is 10.1. The van der Waals surface area contributed by atoms with E-state index in [-0.39, 0.29) is 0 Å². The Balaban J connectivity index is 0.0000000829. The number of rotatable bonds is 0. The van der Waals surface area contributed by atoms with E-state index in [0.717, 1.165) is 162 Å². The molecule has 0 aliphatic heterocycles. The standard InChI is InChI=1S/4C31H18N4/c1-2-5-19-17(4-1)14-24-20(19)8-7-18-15-25-22(28(18)24)10-9-21-23-6-3-12-33-30(23)35-27-11-13-32-16-26(27)34-31(35)29(21)25;1-2-5-19-17(4-1)14-18-7-8-20-21-9-10-22-23-6-3-12-33-30(23)35-27-11-13-32-16-26(27)34-31(35)29(22)25(21)15-24(20)28(18)19;1-2-5-18-17(4-1)14-24-19(18)7-8-20-21-9-10-22-23-6-3-12-33-30(23)35-28-11-13-32-16-27(28)34-31(35)29(22)26(21)15-25(20)24;1-2-5-20-17(4-1)12-18-13-25-19(14-24(18)20)15-26-21(25)7-8-22-23-6-3-10-33-30(23)35-28-9-11-32-16-27(28)34-31(35)29(22)26/h3*1-13,16H,14-15H2;1-11,13-14,16H,12,15H2. The van der Waals surface area contributed by atoms with Crippen LogP contribution < -0.4 is 0 Å². The first kappa shape index (κ1) is 75.1. The highest BCUT2D eigenvalue weighted by Crippen LogP contribution is 2.56. The summed E-state index contributed by atoms with van der Waals surface area (Å²) in [5, 5.41) is 14.4. The second-order valence-corrected chi connectivity index (χ2v) is 38.7. The summed E-state index contributed by atoms with van der Waals surface area (Å²) in [5.74, 6) is 0. The molecule has 8 aliphatic rings. The molecule has 0 N–H and O–H groups in total. The van der Waals surface area contributed by atoms with Crippen molar-refractivity contribution in [2.45, 2.75) is 51.4 Å². The monoisotopic (exact) mass is 1780 g/mol. The Bertz CT molecular complexity index is 10600. The summed E-state index contributed by atoms with van der Waals surface area (Å²) in [7, 11) is 0. The van der Waals surface area contributed by atoms with E-state index in [9.17, 15) is 0 Å². The lowest BCUT2D eigenvalue weighted by molar-refractivity contribution is 1.17. The number of nitrogens with zero attached hydrogens (tertiary/aromatic N) is 16. The van der Waals surface area contributed by atoms with Crippen molar-refractivity contribution in [3.8, 4) is 89.0 Å². The lowest BCUT2D eigenvalue weighted by Gasteiger charge is -2.12. The van der Waals surface area contributed by atoms with Gasteiger partial charge in [0.1, 0.15) is 67.2 Å². The van der Waals surface area contributed by atoms with Crippen molar-refractivity contribution in [2.75, 3.05) is 0 Å². The largest absolute Gasteiger partial charge is 0.276 e. The average molecular weight is 1790 g/mol. The molecule has 0 amide bonds. The van der Waals surface area contributed by atoms with Crippen LogP contribution in [-0.4, -0.2) is 77.4 Å².